The largest absolute Gasteiger partial charge is 0.443 e. The zero-order valence-corrected chi connectivity index (χ0v) is 11.3. The quantitative estimate of drug-likeness (QED) is 0.734. The molecule has 1 rings (SSSR count). The fraction of sp³-hybridized carbons (Fsp3) is 0.909. The highest BCUT2D eigenvalue weighted by Gasteiger charge is 2.23. The van der Waals surface area contributed by atoms with E-state index in [1.165, 1.54) is 12.2 Å². The number of nitrogens with one attached hydrogen (secondary N) is 2. The van der Waals surface area contributed by atoms with E-state index in [0.717, 1.165) is 6.42 Å². The molecule has 0 aliphatic carbocycles. The average molecular weight is 246 g/mol. The summed E-state index contributed by atoms with van der Waals surface area (Å²) in [4.78, 5) is 11.4. The predicted molar refractivity (Wildman–Crippen MR) is 67.4 cm³/mol. The van der Waals surface area contributed by atoms with Crippen molar-refractivity contribution in [1.82, 2.24) is 10.9 Å². The van der Waals surface area contributed by atoms with Gasteiger partial charge in [0.15, 0.2) is 0 Å². The lowest BCUT2D eigenvalue weighted by molar-refractivity contribution is 0.0486. The van der Waals surface area contributed by atoms with Crippen LogP contribution in [0, 0.1) is 0 Å². The van der Waals surface area contributed by atoms with Gasteiger partial charge in [-0.2, -0.15) is 11.8 Å². The van der Waals surface area contributed by atoms with Crippen LogP contribution in [0.1, 0.15) is 40.5 Å². The van der Waals surface area contributed by atoms with Gasteiger partial charge < -0.3 is 4.74 Å². The van der Waals surface area contributed by atoms with E-state index in [1.807, 2.05) is 32.5 Å². The molecule has 4 nitrogen and oxygen atoms in total. The highest BCUT2D eigenvalue weighted by atomic mass is 32.2. The summed E-state index contributed by atoms with van der Waals surface area (Å²) in [5.74, 6) is 1.21. The lowest BCUT2D eigenvalue weighted by Crippen LogP contribution is -2.50. The fourth-order valence-electron chi connectivity index (χ4n) is 1.57. The van der Waals surface area contributed by atoms with Gasteiger partial charge in [0.25, 0.3) is 0 Å². The Kier molecular flexibility index (Phi) is 4.92. The lowest BCUT2D eigenvalue weighted by Gasteiger charge is -2.29. The second kappa shape index (κ2) is 5.77. The minimum Gasteiger partial charge on any atom is -0.443 e. The Morgan fingerprint density at radius 1 is 1.44 bits per heavy atom. The Morgan fingerprint density at radius 2 is 2.12 bits per heavy atom. The molecule has 2 N–H and O–H groups in total. The van der Waals surface area contributed by atoms with E-state index >= 15 is 0 Å². The topological polar surface area (TPSA) is 50.4 Å². The van der Waals surface area contributed by atoms with E-state index in [-0.39, 0.29) is 0 Å². The number of carbonyl (C=O) groups is 1. The molecule has 0 radical (unpaired) electrons. The molecule has 0 aromatic rings. The molecule has 1 saturated heterocycles. The van der Waals surface area contributed by atoms with E-state index < -0.39 is 11.7 Å². The van der Waals surface area contributed by atoms with Crippen molar-refractivity contribution in [3.05, 3.63) is 0 Å². The van der Waals surface area contributed by atoms with Crippen molar-refractivity contribution in [2.75, 3.05) is 5.75 Å². The van der Waals surface area contributed by atoms with E-state index in [0.29, 0.717) is 11.3 Å². The SMILES string of the molecule is CC1SCCCC1NNC(=O)OC(C)(C)C. The van der Waals surface area contributed by atoms with Gasteiger partial charge in [-0.1, -0.05) is 6.92 Å². The first kappa shape index (κ1) is 13.6. The molecule has 1 aliphatic rings. The molecule has 94 valence electrons. The van der Waals surface area contributed by atoms with E-state index in [2.05, 4.69) is 17.8 Å². The summed E-state index contributed by atoms with van der Waals surface area (Å²) in [6, 6.07) is 0.339. The lowest BCUT2D eigenvalue weighted by atomic mass is 10.1. The van der Waals surface area contributed by atoms with Gasteiger partial charge in [-0.3, -0.25) is 5.43 Å². The number of carbonyl (C=O) groups excluding carboxylic acids is 1. The van der Waals surface area contributed by atoms with Crippen LogP contribution in [0.3, 0.4) is 0 Å². The zero-order chi connectivity index (χ0) is 12.2. The van der Waals surface area contributed by atoms with Gasteiger partial charge in [0, 0.05) is 11.3 Å². The third-order valence-electron chi connectivity index (χ3n) is 2.37. The molecular weight excluding hydrogens is 224 g/mol. The predicted octanol–water partition coefficient (Wildman–Crippen LogP) is 2.30. The van der Waals surface area contributed by atoms with E-state index in [1.54, 1.807) is 0 Å². The molecule has 0 spiro atoms. The maximum absolute atomic E-state index is 11.4. The van der Waals surface area contributed by atoms with Crippen molar-refractivity contribution in [2.45, 2.75) is 57.4 Å². The number of rotatable bonds is 2. The third kappa shape index (κ3) is 5.07. The van der Waals surface area contributed by atoms with Crippen molar-refractivity contribution < 1.29 is 9.53 Å². The Morgan fingerprint density at radius 3 is 2.69 bits per heavy atom. The van der Waals surface area contributed by atoms with Gasteiger partial charge in [0.05, 0.1) is 0 Å². The van der Waals surface area contributed by atoms with Crippen LogP contribution in [-0.4, -0.2) is 28.7 Å². The highest BCUT2D eigenvalue weighted by molar-refractivity contribution is 7.99. The summed E-state index contributed by atoms with van der Waals surface area (Å²) in [6.45, 7) is 7.74. The average Bonchev–Trinajstić information content (AvgIpc) is 2.14. The van der Waals surface area contributed by atoms with Gasteiger partial charge in [-0.15, -0.1) is 0 Å². The second-order valence-electron chi connectivity index (χ2n) is 5.10. The summed E-state index contributed by atoms with van der Waals surface area (Å²) in [5.41, 5.74) is 5.22. The maximum Gasteiger partial charge on any atom is 0.422 e. The van der Waals surface area contributed by atoms with Crippen LogP contribution in [-0.2, 0) is 4.74 Å². The van der Waals surface area contributed by atoms with Crippen molar-refractivity contribution in [2.24, 2.45) is 0 Å². The molecule has 5 heteroatoms. The molecular formula is C11H22N2O2S. The smallest absolute Gasteiger partial charge is 0.422 e. The number of hydrogen-bond donors (Lipinski definition) is 2. The van der Waals surface area contributed by atoms with Crippen molar-refractivity contribution >= 4 is 17.9 Å². The fourth-order valence-corrected chi connectivity index (χ4v) is 2.71. The standard InChI is InChI=1S/C11H22N2O2S/c1-8-9(6-5-7-16-8)12-13-10(14)15-11(2,3)4/h8-9,12H,5-7H2,1-4H3,(H,13,14). The first-order chi connectivity index (χ1) is 7.38. The minimum atomic E-state index is -0.446. The second-order valence-corrected chi connectivity index (χ2v) is 6.58. The number of thioether (sulfide) groups is 1. The molecule has 0 bridgehead atoms. The Hall–Kier alpha value is -0.420. The third-order valence-corrected chi connectivity index (χ3v) is 3.74. The van der Waals surface area contributed by atoms with Crippen LogP contribution in [0.15, 0.2) is 0 Å². The molecule has 2 atom stereocenters. The summed E-state index contributed by atoms with van der Waals surface area (Å²) < 4.78 is 5.14. The summed E-state index contributed by atoms with van der Waals surface area (Å²) in [6.07, 6.45) is 1.89. The summed E-state index contributed by atoms with van der Waals surface area (Å²) >= 11 is 1.94. The molecule has 1 fully saturated rings. The van der Waals surface area contributed by atoms with Crippen LogP contribution in [0.5, 0.6) is 0 Å². The van der Waals surface area contributed by atoms with E-state index in [4.69, 9.17) is 4.74 Å². The first-order valence-corrected chi connectivity index (χ1v) is 6.79. The molecule has 1 aliphatic heterocycles. The Labute approximate surface area is 102 Å². The summed E-state index contributed by atoms with van der Waals surface area (Å²) in [5, 5.41) is 0.531. The normalized spacial score (nSPS) is 26.2. The number of ether oxygens (including phenoxy) is 1. The van der Waals surface area contributed by atoms with Gasteiger partial charge in [-0.25, -0.2) is 10.2 Å². The summed E-state index contributed by atoms with van der Waals surface area (Å²) in [7, 11) is 0. The van der Waals surface area contributed by atoms with Crippen molar-refractivity contribution in [1.29, 1.82) is 0 Å². The molecule has 1 heterocycles. The van der Waals surface area contributed by atoms with Gasteiger partial charge in [-0.05, 0) is 39.4 Å². The van der Waals surface area contributed by atoms with Crippen LogP contribution >= 0.6 is 11.8 Å². The van der Waals surface area contributed by atoms with Gasteiger partial charge >= 0.3 is 6.09 Å². The number of hydrazine groups is 1. The molecule has 2 unspecified atom stereocenters. The molecule has 16 heavy (non-hydrogen) atoms. The van der Waals surface area contributed by atoms with Crippen LogP contribution in [0.25, 0.3) is 0 Å². The molecule has 0 aromatic carbocycles. The maximum atomic E-state index is 11.4. The van der Waals surface area contributed by atoms with Gasteiger partial charge in [0.1, 0.15) is 5.60 Å². The monoisotopic (exact) mass is 246 g/mol. The van der Waals surface area contributed by atoms with Crippen LogP contribution < -0.4 is 10.9 Å². The minimum absolute atomic E-state index is 0.339. The Balaban J connectivity index is 2.25. The number of hydrogen-bond acceptors (Lipinski definition) is 4. The van der Waals surface area contributed by atoms with Gasteiger partial charge in [0.2, 0.25) is 0 Å². The Bertz CT molecular complexity index is 241. The van der Waals surface area contributed by atoms with Crippen LogP contribution in [0.4, 0.5) is 4.79 Å². The van der Waals surface area contributed by atoms with Crippen molar-refractivity contribution in [3.63, 3.8) is 0 Å². The first-order valence-electron chi connectivity index (χ1n) is 5.74. The van der Waals surface area contributed by atoms with Crippen LogP contribution in [0.2, 0.25) is 0 Å². The molecule has 0 aromatic heterocycles. The van der Waals surface area contributed by atoms with E-state index in [9.17, 15) is 4.79 Å². The highest BCUT2D eigenvalue weighted by Crippen LogP contribution is 2.24. The van der Waals surface area contributed by atoms with Crippen molar-refractivity contribution in [3.8, 4) is 0 Å². The molecule has 1 amide bonds. The molecule has 0 saturated carbocycles. The number of amides is 1. The zero-order valence-electron chi connectivity index (χ0n) is 10.5.